The van der Waals surface area contributed by atoms with Gasteiger partial charge in [0, 0.05) is 30.5 Å². The average molecular weight is 602 g/mol. The summed E-state index contributed by atoms with van der Waals surface area (Å²) in [6.45, 7) is 6.87. The first-order valence-corrected chi connectivity index (χ1v) is 15.9. The molecular formula is C34H39N3O5S. The van der Waals surface area contributed by atoms with Gasteiger partial charge in [0.15, 0.2) is 10.6 Å². The molecule has 1 heterocycles. The molecule has 9 heteroatoms. The molecule has 4 rings (SSSR count). The van der Waals surface area contributed by atoms with Crippen molar-refractivity contribution < 1.29 is 23.9 Å². The summed E-state index contributed by atoms with van der Waals surface area (Å²) in [7, 11) is 0. The third-order valence-electron chi connectivity index (χ3n) is 6.69. The number of rotatable bonds is 16. The van der Waals surface area contributed by atoms with Crippen molar-refractivity contribution >= 4 is 28.8 Å². The first-order chi connectivity index (χ1) is 21.0. The summed E-state index contributed by atoms with van der Waals surface area (Å²) < 4.78 is 26.2. The molecule has 2 N–H and O–H groups in total. The summed E-state index contributed by atoms with van der Waals surface area (Å²) in [5.74, 6) is 0.867. The Morgan fingerprint density at radius 3 is 2.51 bits per heavy atom. The number of carbonyl (C=O) groups excluding carboxylic acids is 1. The molecule has 3 aromatic carbocycles. The lowest BCUT2D eigenvalue weighted by Crippen LogP contribution is -2.11. The number of imidazole rings is 1. The fourth-order valence-corrected chi connectivity index (χ4v) is 5.46. The first kappa shape index (κ1) is 31.9. The minimum absolute atomic E-state index is 0.0722. The smallest absolute Gasteiger partial charge is 0.248 e. The zero-order chi connectivity index (χ0) is 30.4. The molecule has 0 aliphatic carbocycles. The Morgan fingerprint density at radius 2 is 1.77 bits per heavy atom. The van der Waals surface area contributed by atoms with Crippen molar-refractivity contribution in [2.24, 2.45) is 0 Å². The minimum Gasteiger partial charge on any atom is -0.611 e. The number of benzene rings is 3. The van der Waals surface area contributed by atoms with E-state index in [1.54, 1.807) is 48.9 Å². The fraction of sp³-hybridized carbons (Fsp3) is 0.294. The van der Waals surface area contributed by atoms with E-state index in [-0.39, 0.29) is 11.7 Å². The third kappa shape index (κ3) is 9.74. The maximum Gasteiger partial charge on any atom is 0.248 e. The molecule has 0 saturated heterocycles. The van der Waals surface area contributed by atoms with Crippen LogP contribution in [0.4, 0.5) is 5.69 Å². The number of aromatic nitrogens is 2. The predicted octanol–water partition coefficient (Wildman–Crippen LogP) is 6.82. The van der Waals surface area contributed by atoms with Crippen LogP contribution in [-0.4, -0.2) is 44.9 Å². The molecule has 4 aromatic rings. The summed E-state index contributed by atoms with van der Waals surface area (Å²) in [5, 5.41) is 13.2. The van der Waals surface area contributed by atoms with E-state index in [0.717, 1.165) is 55.0 Å². The van der Waals surface area contributed by atoms with Crippen molar-refractivity contribution in [3.05, 3.63) is 96.6 Å². The van der Waals surface area contributed by atoms with E-state index in [1.807, 2.05) is 41.0 Å². The number of ether oxygens (including phenoxy) is 2. The number of anilines is 1. The highest BCUT2D eigenvalue weighted by molar-refractivity contribution is 7.90. The van der Waals surface area contributed by atoms with Crippen LogP contribution in [0.2, 0.25) is 0 Å². The number of nitrogens with one attached hydrogen (secondary N) is 1. The molecule has 1 atom stereocenters. The van der Waals surface area contributed by atoms with E-state index in [2.05, 4.69) is 24.1 Å². The van der Waals surface area contributed by atoms with Gasteiger partial charge in [-0.05, 0) is 89.8 Å². The maximum absolute atomic E-state index is 12.9. The summed E-state index contributed by atoms with van der Waals surface area (Å²) in [6, 6.07) is 19.9. The monoisotopic (exact) mass is 601 g/mol. The number of hydrogen-bond acceptors (Lipinski definition) is 6. The first-order valence-electron chi connectivity index (χ1n) is 14.6. The molecule has 0 spiro atoms. The molecule has 43 heavy (non-hydrogen) atoms. The Hall–Kier alpha value is -4.05. The Labute approximate surface area is 256 Å². The number of aryl methyl sites for hydroxylation is 1. The van der Waals surface area contributed by atoms with Gasteiger partial charge in [0.1, 0.15) is 18.1 Å². The van der Waals surface area contributed by atoms with Gasteiger partial charge < -0.3 is 29.0 Å². The van der Waals surface area contributed by atoms with E-state index in [0.29, 0.717) is 35.1 Å². The zero-order valence-electron chi connectivity index (χ0n) is 24.7. The molecule has 0 unspecified atom stereocenters. The van der Waals surface area contributed by atoms with Crippen LogP contribution in [0.5, 0.6) is 11.5 Å². The SMILES string of the molecule is CCCCOCCOc1ccc(-c2ccc(O)c(/C=C/C(=O)Nc3ccc([S@@+]([O-])Cc4cncn4CCC)cc3)c2)cc1. The van der Waals surface area contributed by atoms with E-state index >= 15 is 0 Å². The fourth-order valence-electron chi connectivity index (χ4n) is 4.35. The number of hydrogen-bond donors (Lipinski definition) is 2. The molecule has 0 fully saturated rings. The van der Waals surface area contributed by atoms with Crippen molar-refractivity contribution in [3.63, 3.8) is 0 Å². The summed E-state index contributed by atoms with van der Waals surface area (Å²) in [6.07, 6.45) is 9.60. The van der Waals surface area contributed by atoms with E-state index < -0.39 is 11.2 Å². The molecule has 0 saturated carbocycles. The van der Waals surface area contributed by atoms with Crippen LogP contribution >= 0.6 is 0 Å². The molecule has 0 aliphatic heterocycles. The molecular weight excluding hydrogens is 562 g/mol. The van der Waals surface area contributed by atoms with Gasteiger partial charge in [0.2, 0.25) is 5.91 Å². The Bertz CT molecular complexity index is 1470. The Balaban J connectivity index is 1.30. The van der Waals surface area contributed by atoms with Crippen molar-refractivity contribution in [1.29, 1.82) is 0 Å². The molecule has 0 aliphatic rings. The van der Waals surface area contributed by atoms with Crippen LogP contribution < -0.4 is 10.1 Å². The third-order valence-corrected chi connectivity index (χ3v) is 8.05. The summed E-state index contributed by atoms with van der Waals surface area (Å²) in [4.78, 5) is 17.5. The largest absolute Gasteiger partial charge is 0.611 e. The lowest BCUT2D eigenvalue weighted by molar-refractivity contribution is -0.111. The molecule has 0 bridgehead atoms. The lowest BCUT2D eigenvalue weighted by atomic mass is 10.0. The standard InChI is InChI=1S/C34H39N3O5S/c1-3-5-19-41-20-21-42-31-12-6-26(7-13-31)27-8-16-33(38)28(22-27)9-17-34(39)36-29-10-14-32(15-11-29)43(40)24-30-23-35-25-37(30)18-4-2/h6-17,22-23,25,38H,3-5,18-21,24H2,1-2H3,(H,36,39)/b17-9+/t43-/m0/s1. The number of unbranched alkanes of at least 4 members (excludes halogenated alkanes) is 1. The second-order valence-electron chi connectivity index (χ2n) is 10.0. The van der Waals surface area contributed by atoms with E-state index in [4.69, 9.17) is 9.47 Å². The number of phenolic OH excluding ortho intramolecular Hbond substituents is 1. The number of amides is 1. The second kappa shape index (κ2) is 16.6. The topological polar surface area (TPSA) is 109 Å². The summed E-state index contributed by atoms with van der Waals surface area (Å²) >= 11 is -1.23. The minimum atomic E-state index is -1.23. The molecule has 0 radical (unpaired) electrons. The Kier molecular flexibility index (Phi) is 12.3. The zero-order valence-corrected chi connectivity index (χ0v) is 25.5. The lowest BCUT2D eigenvalue weighted by Gasteiger charge is -2.12. The number of nitrogens with zero attached hydrogens (tertiary/aromatic N) is 2. The Morgan fingerprint density at radius 1 is 1.00 bits per heavy atom. The van der Waals surface area contributed by atoms with Gasteiger partial charge >= 0.3 is 0 Å². The van der Waals surface area contributed by atoms with Crippen LogP contribution in [0.25, 0.3) is 17.2 Å². The molecule has 1 aromatic heterocycles. The highest BCUT2D eigenvalue weighted by atomic mass is 32.2. The number of carbonyl (C=O) groups is 1. The highest BCUT2D eigenvalue weighted by Crippen LogP contribution is 2.28. The van der Waals surface area contributed by atoms with Gasteiger partial charge in [-0.15, -0.1) is 0 Å². The van der Waals surface area contributed by atoms with Gasteiger partial charge in [-0.25, -0.2) is 4.98 Å². The normalized spacial score (nSPS) is 12.0. The van der Waals surface area contributed by atoms with Gasteiger partial charge in [0.25, 0.3) is 0 Å². The van der Waals surface area contributed by atoms with Crippen LogP contribution in [0, 0.1) is 0 Å². The van der Waals surface area contributed by atoms with Gasteiger partial charge in [-0.3, -0.25) is 4.79 Å². The van der Waals surface area contributed by atoms with Crippen molar-refractivity contribution in [2.45, 2.75) is 50.3 Å². The summed E-state index contributed by atoms with van der Waals surface area (Å²) in [5.41, 5.74) is 3.89. The van der Waals surface area contributed by atoms with Crippen LogP contribution in [0.15, 0.2) is 90.2 Å². The van der Waals surface area contributed by atoms with Crippen LogP contribution in [-0.2, 0) is 33.0 Å². The second-order valence-corrected chi connectivity index (χ2v) is 11.5. The molecule has 1 amide bonds. The van der Waals surface area contributed by atoms with Crippen molar-refractivity contribution in [1.82, 2.24) is 9.55 Å². The predicted molar refractivity (Wildman–Crippen MR) is 172 cm³/mol. The van der Waals surface area contributed by atoms with Crippen molar-refractivity contribution in [3.8, 4) is 22.6 Å². The maximum atomic E-state index is 12.9. The number of aromatic hydroxyl groups is 1. The van der Waals surface area contributed by atoms with Gasteiger partial charge in [-0.1, -0.05) is 38.5 Å². The van der Waals surface area contributed by atoms with Crippen molar-refractivity contribution in [2.75, 3.05) is 25.1 Å². The number of phenols is 1. The molecule has 8 nitrogen and oxygen atoms in total. The van der Waals surface area contributed by atoms with Gasteiger partial charge in [-0.2, -0.15) is 0 Å². The average Bonchev–Trinajstić information content (AvgIpc) is 3.45. The molecule has 226 valence electrons. The quantitative estimate of drug-likeness (QED) is 0.0829. The highest BCUT2D eigenvalue weighted by Gasteiger charge is 2.15. The van der Waals surface area contributed by atoms with E-state index in [9.17, 15) is 14.5 Å². The van der Waals surface area contributed by atoms with Crippen LogP contribution in [0.3, 0.4) is 0 Å². The van der Waals surface area contributed by atoms with Crippen LogP contribution in [0.1, 0.15) is 44.4 Å². The van der Waals surface area contributed by atoms with E-state index in [1.165, 1.54) is 6.08 Å². The van der Waals surface area contributed by atoms with Gasteiger partial charge in [0.05, 0.1) is 24.8 Å².